The topological polar surface area (TPSA) is 66.3 Å². The molecule has 94 valence electrons. The summed E-state index contributed by atoms with van der Waals surface area (Å²) in [5.74, 6) is 0.00739. The molecule has 0 bridgehead atoms. The summed E-state index contributed by atoms with van der Waals surface area (Å²) in [7, 11) is 0. The first kappa shape index (κ1) is 13.4. The number of carbonyl (C=O) groups is 1. The van der Waals surface area contributed by atoms with Crippen molar-refractivity contribution in [1.82, 2.24) is 9.97 Å². The van der Waals surface area contributed by atoms with E-state index in [0.717, 1.165) is 19.5 Å². The summed E-state index contributed by atoms with van der Waals surface area (Å²) in [6, 6.07) is 1.41. The Balaban J connectivity index is 2.88. The highest BCUT2D eigenvalue weighted by molar-refractivity contribution is 5.85. The van der Waals surface area contributed by atoms with E-state index in [1.807, 2.05) is 11.8 Å². The summed E-state index contributed by atoms with van der Waals surface area (Å²) < 4.78 is 0. The highest BCUT2D eigenvalue weighted by Crippen LogP contribution is 2.11. The summed E-state index contributed by atoms with van der Waals surface area (Å²) in [4.78, 5) is 21.0. The molecule has 0 saturated heterocycles. The predicted octanol–water partition coefficient (Wildman–Crippen LogP) is 2.05. The smallest absolute Gasteiger partial charge is 0.354 e. The molecule has 1 aromatic heterocycles. The van der Waals surface area contributed by atoms with Gasteiger partial charge < -0.3 is 10.0 Å². The lowest BCUT2D eigenvalue weighted by Gasteiger charge is -2.23. The van der Waals surface area contributed by atoms with Crippen LogP contribution in [-0.4, -0.2) is 34.1 Å². The van der Waals surface area contributed by atoms with Crippen LogP contribution in [0.5, 0.6) is 0 Å². The van der Waals surface area contributed by atoms with Crippen molar-refractivity contribution in [2.45, 2.75) is 27.2 Å². The van der Waals surface area contributed by atoms with Gasteiger partial charge in [-0.1, -0.05) is 20.3 Å². The minimum atomic E-state index is -1.02. The van der Waals surface area contributed by atoms with Crippen molar-refractivity contribution in [3.63, 3.8) is 0 Å². The van der Waals surface area contributed by atoms with Gasteiger partial charge in [-0.25, -0.2) is 14.8 Å². The van der Waals surface area contributed by atoms with Crippen LogP contribution < -0.4 is 4.90 Å². The maximum Gasteiger partial charge on any atom is 0.354 e. The number of hydrogen-bond donors (Lipinski definition) is 1. The lowest BCUT2D eigenvalue weighted by atomic mass is 10.1. The fourth-order valence-electron chi connectivity index (χ4n) is 1.48. The SMILES string of the molecule is CCC(C)CN(CC)c1nccc(C(=O)O)n1. The molecule has 1 rings (SSSR count). The highest BCUT2D eigenvalue weighted by Gasteiger charge is 2.13. The van der Waals surface area contributed by atoms with Crippen molar-refractivity contribution >= 4 is 11.9 Å². The van der Waals surface area contributed by atoms with E-state index < -0.39 is 5.97 Å². The number of rotatable bonds is 6. The molecule has 1 unspecified atom stereocenters. The van der Waals surface area contributed by atoms with Crippen molar-refractivity contribution in [1.29, 1.82) is 0 Å². The first-order valence-electron chi connectivity index (χ1n) is 5.89. The normalized spacial score (nSPS) is 12.2. The first-order valence-corrected chi connectivity index (χ1v) is 5.89. The van der Waals surface area contributed by atoms with Crippen LogP contribution in [0.2, 0.25) is 0 Å². The molecule has 0 aliphatic heterocycles. The van der Waals surface area contributed by atoms with Crippen LogP contribution in [0.1, 0.15) is 37.7 Å². The standard InChI is InChI=1S/C12H19N3O2/c1-4-9(3)8-15(5-2)12-13-7-6-10(14-12)11(16)17/h6-7,9H,4-5,8H2,1-3H3,(H,16,17). The molecule has 1 heterocycles. The average molecular weight is 237 g/mol. The van der Waals surface area contributed by atoms with Crippen molar-refractivity contribution in [3.8, 4) is 0 Å². The Hall–Kier alpha value is -1.65. The van der Waals surface area contributed by atoms with E-state index in [-0.39, 0.29) is 5.69 Å². The van der Waals surface area contributed by atoms with Gasteiger partial charge in [0.1, 0.15) is 0 Å². The van der Waals surface area contributed by atoms with Crippen LogP contribution in [0.25, 0.3) is 0 Å². The Kier molecular flexibility index (Phi) is 4.87. The van der Waals surface area contributed by atoms with Crippen LogP contribution in [0.15, 0.2) is 12.3 Å². The molecule has 5 heteroatoms. The number of carboxylic acids is 1. The second kappa shape index (κ2) is 6.18. The monoisotopic (exact) mass is 237 g/mol. The van der Waals surface area contributed by atoms with Crippen LogP contribution in [0.3, 0.4) is 0 Å². The van der Waals surface area contributed by atoms with Crippen molar-refractivity contribution < 1.29 is 9.90 Å². The van der Waals surface area contributed by atoms with E-state index in [1.54, 1.807) is 0 Å². The largest absolute Gasteiger partial charge is 0.477 e. The van der Waals surface area contributed by atoms with Crippen LogP contribution >= 0.6 is 0 Å². The lowest BCUT2D eigenvalue weighted by molar-refractivity contribution is 0.0690. The average Bonchev–Trinajstić information content (AvgIpc) is 2.35. The van der Waals surface area contributed by atoms with Crippen molar-refractivity contribution in [3.05, 3.63) is 18.0 Å². The number of anilines is 1. The number of aromatic nitrogens is 2. The van der Waals surface area contributed by atoms with Gasteiger partial charge in [0.25, 0.3) is 0 Å². The third-order valence-corrected chi connectivity index (χ3v) is 2.76. The summed E-state index contributed by atoms with van der Waals surface area (Å²) in [6.07, 6.45) is 2.57. The van der Waals surface area contributed by atoms with E-state index >= 15 is 0 Å². The maximum atomic E-state index is 10.8. The van der Waals surface area contributed by atoms with Crippen molar-refractivity contribution in [2.75, 3.05) is 18.0 Å². The maximum absolute atomic E-state index is 10.8. The van der Waals surface area contributed by atoms with Crippen LogP contribution in [-0.2, 0) is 0 Å². The molecular weight excluding hydrogens is 218 g/mol. The first-order chi connectivity index (χ1) is 8.08. The fourth-order valence-corrected chi connectivity index (χ4v) is 1.48. The van der Waals surface area contributed by atoms with E-state index in [2.05, 4.69) is 23.8 Å². The van der Waals surface area contributed by atoms with E-state index in [0.29, 0.717) is 11.9 Å². The summed E-state index contributed by atoms with van der Waals surface area (Å²) in [5.41, 5.74) is 0.0394. The lowest BCUT2D eigenvalue weighted by Crippen LogP contribution is -2.30. The third kappa shape index (κ3) is 3.69. The molecule has 0 aliphatic rings. The number of nitrogens with zero attached hydrogens (tertiary/aromatic N) is 3. The zero-order chi connectivity index (χ0) is 12.8. The molecule has 1 aromatic rings. The molecular formula is C12H19N3O2. The predicted molar refractivity (Wildman–Crippen MR) is 66.3 cm³/mol. The quantitative estimate of drug-likeness (QED) is 0.820. The molecule has 0 fully saturated rings. The van der Waals surface area contributed by atoms with Gasteiger partial charge in [0.2, 0.25) is 5.95 Å². The zero-order valence-electron chi connectivity index (χ0n) is 10.6. The van der Waals surface area contributed by atoms with Gasteiger partial charge in [-0.3, -0.25) is 0 Å². The van der Waals surface area contributed by atoms with E-state index in [1.165, 1.54) is 12.3 Å². The van der Waals surface area contributed by atoms with Gasteiger partial charge >= 0.3 is 5.97 Å². The summed E-state index contributed by atoms with van der Waals surface area (Å²) in [6.45, 7) is 7.92. The summed E-state index contributed by atoms with van der Waals surface area (Å²) >= 11 is 0. The highest BCUT2D eigenvalue weighted by atomic mass is 16.4. The Bertz CT molecular complexity index is 382. The summed E-state index contributed by atoms with van der Waals surface area (Å²) in [5, 5.41) is 8.88. The second-order valence-corrected chi connectivity index (χ2v) is 4.10. The van der Waals surface area contributed by atoms with Gasteiger partial charge in [-0.05, 0) is 18.9 Å². The van der Waals surface area contributed by atoms with Gasteiger partial charge in [-0.15, -0.1) is 0 Å². The number of hydrogen-bond acceptors (Lipinski definition) is 4. The number of aromatic carboxylic acids is 1. The molecule has 0 saturated carbocycles. The van der Waals surface area contributed by atoms with E-state index in [4.69, 9.17) is 5.11 Å². The molecule has 0 spiro atoms. The minimum Gasteiger partial charge on any atom is -0.477 e. The Morgan fingerprint density at radius 3 is 2.76 bits per heavy atom. The molecule has 5 nitrogen and oxygen atoms in total. The molecule has 1 atom stereocenters. The van der Waals surface area contributed by atoms with Gasteiger partial charge in [0, 0.05) is 19.3 Å². The fraction of sp³-hybridized carbons (Fsp3) is 0.583. The minimum absolute atomic E-state index is 0.0394. The Labute approximate surface area is 102 Å². The van der Waals surface area contributed by atoms with Crippen LogP contribution in [0, 0.1) is 5.92 Å². The Morgan fingerprint density at radius 1 is 1.53 bits per heavy atom. The molecule has 1 N–H and O–H groups in total. The zero-order valence-corrected chi connectivity index (χ0v) is 10.6. The Morgan fingerprint density at radius 2 is 2.24 bits per heavy atom. The number of carboxylic acid groups (broad SMARTS) is 1. The molecule has 17 heavy (non-hydrogen) atoms. The van der Waals surface area contributed by atoms with Gasteiger partial charge in [0.15, 0.2) is 5.69 Å². The molecule has 0 amide bonds. The molecule has 0 aliphatic carbocycles. The second-order valence-electron chi connectivity index (χ2n) is 4.10. The van der Waals surface area contributed by atoms with Crippen molar-refractivity contribution in [2.24, 2.45) is 5.92 Å². The van der Waals surface area contributed by atoms with Crippen LogP contribution in [0.4, 0.5) is 5.95 Å². The van der Waals surface area contributed by atoms with Gasteiger partial charge in [-0.2, -0.15) is 0 Å². The third-order valence-electron chi connectivity index (χ3n) is 2.76. The van der Waals surface area contributed by atoms with E-state index in [9.17, 15) is 4.79 Å². The molecule has 0 aromatic carbocycles. The molecule has 0 radical (unpaired) electrons. The van der Waals surface area contributed by atoms with Gasteiger partial charge in [0.05, 0.1) is 0 Å².